The van der Waals surface area contributed by atoms with Crippen LogP contribution < -0.4 is 0 Å². The number of carbonyl (C=O) groups is 1. The van der Waals surface area contributed by atoms with E-state index in [4.69, 9.17) is 4.42 Å². The van der Waals surface area contributed by atoms with Crippen LogP contribution in [0.15, 0.2) is 21.2 Å². The van der Waals surface area contributed by atoms with Crippen molar-refractivity contribution in [1.82, 2.24) is 4.90 Å². The highest BCUT2D eigenvalue weighted by molar-refractivity contribution is 9.10. The zero-order valence-corrected chi connectivity index (χ0v) is 9.95. The van der Waals surface area contributed by atoms with Crippen LogP contribution in [0.25, 0.3) is 0 Å². The number of furan rings is 1. The number of nitrogens with zero attached hydrogens (tertiary/aromatic N) is 1. The molecule has 0 radical (unpaired) electrons. The topological polar surface area (TPSA) is 53.7 Å². The SMILES string of the molecule is CCC1(O)CN(C(=O)c2ccc(Br)o2)C1. The summed E-state index contributed by atoms with van der Waals surface area (Å²) in [5.41, 5.74) is -0.695. The molecule has 1 aromatic heterocycles. The number of hydrogen-bond acceptors (Lipinski definition) is 3. The lowest BCUT2D eigenvalue weighted by molar-refractivity contribution is -0.0834. The van der Waals surface area contributed by atoms with E-state index in [0.29, 0.717) is 29.9 Å². The lowest BCUT2D eigenvalue weighted by Crippen LogP contribution is -2.63. The van der Waals surface area contributed by atoms with Crippen LogP contribution in [0.4, 0.5) is 0 Å². The quantitative estimate of drug-likeness (QED) is 0.892. The van der Waals surface area contributed by atoms with Crippen LogP contribution in [-0.2, 0) is 0 Å². The van der Waals surface area contributed by atoms with Crippen LogP contribution >= 0.6 is 15.9 Å². The molecule has 0 saturated carbocycles. The van der Waals surface area contributed by atoms with Gasteiger partial charge in [-0.25, -0.2) is 0 Å². The normalized spacial score (nSPS) is 18.7. The maximum absolute atomic E-state index is 11.7. The van der Waals surface area contributed by atoms with Crippen molar-refractivity contribution >= 4 is 21.8 Å². The van der Waals surface area contributed by atoms with Crippen LogP contribution in [0.3, 0.4) is 0 Å². The fraction of sp³-hybridized carbons (Fsp3) is 0.500. The second kappa shape index (κ2) is 3.64. The Kier molecular flexibility index (Phi) is 2.60. The maximum Gasteiger partial charge on any atom is 0.289 e. The summed E-state index contributed by atoms with van der Waals surface area (Å²) in [6.07, 6.45) is 0.665. The zero-order chi connectivity index (χ0) is 11.1. The maximum atomic E-state index is 11.7. The molecule has 1 N–H and O–H groups in total. The molecule has 1 aliphatic heterocycles. The highest BCUT2D eigenvalue weighted by Crippen LogP contribution is 2.26. The number of aliphatic hydroxyl groups is 1. The van der Waals surface area contributed by atoms with Crippen LogP contribution in [0.1, 0.15) is 23.9 Å². The molecule has 4 nitrogen and oxygen atoms in total. The van der Waals surface area contributed by atoms with Crippen molar-refractivity contribution in [2.45, 2.75) is 18.9 Å². The number of carbonyl (C=O) groups excluding carboxylic acids is 1. The number of rotatable bonds is 2. The summed E-state index contributed by atoms with van der Waals surface area (Å²) in [6.45, 7) is 2.69. The largest absolute Gasteiger partial charge is 0.444 e. The summed E-state index contributed by atoms with van der Waals surface area (Å²) >= 11 is 3.14. The van der Waals surface area contributed by atoms with E-state index in [2.05, 4.69) is 15.9 Å². The average Bonchev–Trinajstić information content (AvgIpc) is 2.59. The van der Waals surface area contributed by atoms with Gasteiger partial charge in [0.1, 0.15) is 0 Å². The van der Waals surface area contributed by atoms with Gasteiger partial charge in [-0.05, 0) is 34.5 Å². The van der Waals surface area contributed by atoms with Crippen LogP contribution in [0.2, 0.25) is 0 Å². The Morgan fingerprint density at radius 3 is 2.80 bits per heavy atom. The van der Waals surface area contributed by atoms with Crippen molar-refractivity contribution in [1.29, 1.82) is 0 Å². The van der Waals surface area contributed by atoms with Crippen LogP contribution in [0.5, 0.6) is 0 Å². The predicted octanol–water partition coefficient (Wildman–Crippen LogP) is 1.64. The predicted molar refractivity (Wildman–Crippen MR) is 57.6 cm³/mol. The number of amides is 1. The van der Waals surface area contributed by atoms with Gasteiger partial charge in [-0.15, -0.1) is 0 Å². The Balaban J connectivity index is 2.00. The van der Waals surface area contributed by atoms with Crippen molar-refractivity contribution in [2.75, 3.05) is 13.1 Å². The lowest BCUT2D eigenvalue weighted by Gasteiger charge is -2.45. The van der Waals surface area contributed by atoms with E-state index in [9.17, 15) is 9.90 Å². The summed E-state index contributed by atoms with van der Waals surface area (Å²) in [5.74, 6) is 0.138. The molecule has 1 fully saturated rings. The first-order valence-corrected chi connectivity index (χ1v) is 5.60. The number of hydrogen-bond donors (Lipinski definition) is 1. The minimum Gasteiger partial charge on any atom is -0.444 e. The standard InChI is InChI=1S/C10H12BrNO3/c1-2-10(14)5-12(6-10)9(13)7-3-4-8(11)15-7/h3-4,14H,2,5-6H2,1H3. The smallest absolute Gasteiger partial charge is 0.289 e. The summed E-state index contributed by atoms with van der Waals surface area (Å²) in [7, 11) is 0. The molecule has 2 heterocycles. The Labute approximate surface area is 96.0 Å². The molecule has 82 valence electrons. The number of β-amino-alcohol motifs (C(OH)–C–C–N with tert-alkyl or cyclic N) is 1. The van der Waals surface area contributed by atoms with E-state index in [1.807, 2.05) is 6.92 Å². The highest BCUT2D eigenvalue weighted by Gasteiger charge is 2.42. The van der Waals surface area contributed by atoms with Gasteiger partial charge in [0.25, 0.3) is 5.91 Å². The summed E-state index contributed by atoms with van der Waals surface area (Å²) in [6, 6.07) is 3.30. The molecule has 0 spiro atoms. The molecule has 1 amide bonds. The monoisotopic (exact) mass is 273 g/mol. The number of halogens is 1. The molecule has 1 saturated heterocycles. The second-order valence-corrected chi connectivity index (χ2v) is 4.62. The molecule has 0 bridgehead atoms. The van der Waals surface area contributed by atoms with E-state index in [-0.39, 0.29) is 5.91 Å². The highest BCUT2D eigenvalue weighted by atomic mass is 79.9. The van der Waals surface area contributed by atoms with Gasteiger partial charge in [-0.2, -0.15) is 0 Å². The van der Waals surface area contributed by atoms with Gasteiger partial charge >= 0.3 is 0 Å². The summed E-state index contributed by atoms with van der Waals surface area (Å²) in [4.78, 5) is 13.3. The van der Waals surface area contributed by atoms with Crippen LogP contribution in [-0.4, -0.2) is 34.6 Å². The van der Waals surface area contributed by atoms with Gasteiger partial charge in [-0.3, -0.25) is 4.79 Å². The zero-order valence-electron chi connectivity index (χ0n) is 8.36. The molecular formula is C10H12BrNO3. The van der Waals surface area contributed by atoms with Crippen molar-refractivity contribution in [3.05, 3.63) is 22.6 Å². The minimum absolute atomic E-state index is 0.168. The Bertz CT molecular complexity index is 382. The van der Waals surface area contributed by atoms with Gasteiger partial charge in [0.15, 0.2) is 10.4 Å². The molecule has 2 rings (SSSR count). The Hall–Kier alpha value is -0.810. The molecule has 0 aromatic carbocycles. The molecule has 0 atom stereocenters. The minimum atomic E-state index is -0.695. The van der Waals surface area contributed by atoms with E-state index < -0.39 is 5.60 Å². The molecule has 0 unspecified atom stereocenters. The first kappa shape index (κ1) is 10.7. The van der Waals surface area contributed by atoms with Crippen molar-refractivity contribution in [2.24, 2.45) is 0 Å². The fourth-order valence-electron chi connectivity index (χ4n) is 1.62. The molecule has 1 aromatic rings. The van der Waals surface area contributed by atoms with E-state index in [1.54, 1.807) is 17.0 Å². The molecular weight excluding hydrogens is 262 g/mol. The van der Waals surface area contributed by atoms with E-state index in [1.165, 1.54) is 0 Å². The van der Waals surface area contributed by atoms with Crippen molar-refractivity contribution < 1.29 is 14.3 Å². The number of likely N-dealkylation sites (tertiary alicyclic amines) is 1. The first-order chi connectivity index (χ1) is 7.04. The lowest BCUT2D eigenvalue weighted by atomic mass is 9.91. The third-order valence-corrected chi connectivity index (χ3v) is 3.13. The third-order valence-electron chi connectivity index (χ3n) is 2.70. The molecule has 15 heavy (non-hydrogen) atoms. The van der Waals surface area contributed by atoms with Gasteiger partial charge in [0, 0.05) is 0 Å². The molecule has 1 aliphatic rings. The summed E-state index contributed by atoms with van der Waals surface area (Å²) < 4.78 is 5.69. The first-order valence-electron chi connectivity index (χ1n) is 4.81. The third kappa shape index (κ3) is 1.94. The van der Waals surface area contributed by atoms with Crippen molar-refractivity contribution in [3.8, 4) is 0 Å². The van der Waals surface area contributed by atoms with Gasteiger partial charge in [-0.1, -0.05) is 6.92 Å². The second-order valence-electron chi connectivity index (χ2n) is 3.84. The van der Waals surface area contributed by atoms with E-state index >= 15 is 0 Å². The van der Waals surface area contributed by atoms with E-state index in [0.717, 1.165) is 0 Å². The van der Waals surface area contributed by atoms with Gasteiger partial charge in [0.05, 0.1) is 18.7 Å². The van der Waals surface area contributed by atoms with Crippen molar-refractivity contribution in [3.63, 3.8) is 0 Å². The summed E-state index contributed by atoms with van der Waals surface area (Å²) in [5, 5.41) is 9.76. The van der Waals surface area contributed by atoms with Gasteiger partial charge < -0.3 is 14.4 Å². The average molecular weight is 274 g/mol. The Morgan fingerprint density at radius 2 is 2.33 bits per heavy atom. The van der Waals surface area contributed by atoms with Gasteiger partial charge in [0.2, 0.25) is 0 Å². The fourth-order valence-corrected chi connectivity index (χ4v) is 1.92. The Morgan fingerprint density at radius 1 is 1.67 bits per heavy atom. The molecule has 0 aliphatic carbocycles. The molecule has 5 heteroatoms. The van der Waals surface area contributed by atoms with Crippen LogP contribution in [0, 0.1) is 0 Å².